The molecule has 2 heterocycles. The number of nitrogens with zero attached hydrogens (tertiary/aromatic N) is 3. The lowest BCUT2D eigenvalue weighted by atomic mass is 10.3. The lowest BCUT2D eigenvalue weighted by molar-refractivity contribution is 0.947. The Morgan fingerprint density at radius 2 is 2.05 bits per heavy atom. The Morgan fingerprint density at radius 3 is 2.80 bits per heavy atom. The summed E-state index contributed by atoms with van der Waals surface area (Å²) in [5.74, 6) is 1.19. The molecule has 2 aromatic rings. The van der Waals surface area contributed by atoms with E-state index in [1.807, 2.05) is 25.1 Å². The molecule has 0 bridgehead atoms. The SMILES string of the molecule is CCCNc1ncc(Cl)c(NCc2cccc(C)n2)n1. The maximum Gasteiger partial charge on any atom is 0.224 e. The molecule has 0 radical (unpaired) electrons. The van der Waals surface area contributed by atoms with Gasteiger partial charge in [0.25, 0.3) is 0 Å². The van der Waals surface area contributed by atoms with Crippen LogP contribution in [0.5, 0.6) is 0 Å². The van der Waals surface area contributed by atoms with Gasteiger partial charge < -0.3 is 10.6 Å². The number of halogens is 1. The molecule has 0 aliphatic rings. The van der Waals surface area contributed by atoms with Gasteiger partial charge in [0.1, 0.15) is 5.02 Å². The zero-order valence-electron chi connectivity index (χ0n) is 11.7. The van der Waals surface area contributed by atoms with Crippen LogP contribution in [0, 0.1) is 6.92 Å². The lowest BCUT2D eigenvalue weighted by Gasteiger charge is -2.09. The first-order chi connectivity index (χ1) is 9.69. The summed E-state index contributed by atoms with van der Waals surface area (Å²) in [5, 5.41) is 6.82. The minimum Gasteiger partial charge on any atom is -0.363 e. The summed E-state index contributed by atoms with van der Waals surface area (Å²) in [7, 11) is 0. The van der Waals surface area contributed by atoms with E-state index < -0.39 is 0 Å². The zero-order valence-corrected chi connectivity index (χ0v) is 12.4. The summed E-state index contributed by atoms with van der Waals surface area (Å²) in [6.45, 7) is 5.46. The van der Waals surface area contributed by atoms with Gasteiger partial charge in [-0.05, 0) is 25.5 Å². The Labute approximate surface area is 123 Å². The number of pyridine rings is 1. The third-order valence-electron chi connectivity index (χ3n) is 2.66. The van der Waals surface area contributed by atoms with Gasteiger partial charge >= 0.3 is 0 Å². The van der Waals surface area contributed by atoms with Gasteiger partial charge in [-0.25, -0.2) is 4.98 Å². The number of aryl methyl sites for hydroxylation is 1. The second-order valence-corrected chi connectivity index (χ2v) is 4.85. The van der Waals surface area contributed by atoms with E-state index in [2.05, 4.69) is 32.5 Å². The number of rotatable bonds is 6. The van der Waals surface area contributed by atoms with E-state index in [0.29, 0.717) is 23.3 Å². The first-order valence-electron chi connectivity index (χ1n) is 6.62. The zero-order chi connectivity index (χ0) is 14.4. The number of nitrogens with one attached hydrogen (secondary N) is 2. The largest absolute Gasteiger partial charge is 0.363 e. The molecule has 0 aromatic carbocycles. The highest BCUT2D eigenvalue weighted by Crippen LogP contribution is 2.19. The van der Waals surface area contributed by atoms with Crippen LogP contribution < -0.4 is 10.6 Å². The van der Waals surface area contributed by atoms with Crippen molar-refractivity contribution in [2.24, 2.45) is 0 Å². The molecule has 20 heavy (non-hydrogen) atoms. The fraction of sp³-hybridized carbons (Fsp3) is 0.357. The van der Waals surface area contributed by atoms with E-state index in [1.165, 1.54) is 0 Å². The van der Waals surface area contributed by atoms with Crippen LogP contribution in [-0.4, -0.2) is 21.5 Å². The average Bonchev–Trinajstić information content (AvgIpc) is 2.45. The van der Waals surface area contributed by atoms with Crippen molar-refractivity contribution in [1.29, 1.82) is 0 Å². The third-order valence-corrected chi connectivity index (χ3v) is 2.94. The second kappa shape index (κ2) is 7.05. The van der Waals surface area contributed by atoms with Crippen molar-refractivity contribution in [1.82, 2.24) is 15.0 Å². The van der Waals surface area contributed by atoms with Gasteiger partial charge in [0.2, 0.25) is 5.95 Å². The topological polar surface area (TPSA) is 62.7 Å². The predicted molar refractivity (Wildman–Crippen MR) is 82.1 cm³/mol. The highest BCUT2D eigenvalue weighted by molar-refractivity contribution is 6.32. The first-order valence-corrected chi connectivity index (χ1v) is 6.99. The van der Waals surface area contributed by atoms with Crippen LogP contribution in [0.2, 0.25) is 5.02 Å². The molecular weight excluding hydrogens is 274 g/mol. The Balaban J connectivity index is 2.04. The molecule has 0 saturated carbocycles. The highest BCUT2D eigenvalue weighted by atomic mass is 35.5. The average molecular weight is 292 g/mol. The van der Waals surface area contributed by atoms with Crippen LogP contribution in [0.4, 0.5) is 11.8 Å². The molecule has 2 N–H and O–H groups in total. The number of aromatic nitrogens is 3. The van der Waals surface area contributed by atoms with Gasteiger partial charge in [-0.2, -0.15) is 4.98 Å². The normalized spacial score (nSPS) is 10.3. The first kappa shape index (κ1) is 14.5. The minimum atomic E-state index is 0.500. The van der Waals surface area contributed by atoms with Crippen LogP contribution in [-0.2, 0) is 6.54 Å². The van der Waals surface area contributed by atoms with E-state index in [-0.39, 0.29) is 0 Å². The molecule has 0 saturated heterocycles. The molecule has 6 heteroatoms. The summed E-state index contributed by atoms with van der Waals surface area (Å²) in [6, 6.07) is 5.91. The van der Waals surface area contributed by atoms with Gasteiger partial charge in [0, 0.05) is 12.2 Å². The number of hydrogen-bond acceptors (Lipinski definition) is 5. The van der Waals surface area contributed by atoms with Crippen molar-refractivity contribution >= 4 is 23.4 Å². The third kappa shape index (κ3) is 4.06. The fourth-order valence-electron chi connectivity index (χ4n) is 1.69. The maximum absolute atomic E-state index is 6.09. The Hall–Kier alpha value is -1.88. The maximum atomic E-state index is 6.09. The molecule has 5 nitrogen and oxygen atoms in total. The van der Waals surface area contributed by atoms with Crippen LogP contribution in [0.1, 0.15) is 24.7 Å². The molecule has 0 spiro atoms. The quantitative estimate of drug-likeness (QED) is 0.855. The molecule has 0 aliphatic heterocycles. The molecule has 0 aliphatic carbocycles. The molecule has 0 unspecified atom stereocenters. The van der Waals surface area contributed by atoms with Crippen molar-refractivity contribution in [3.8, 4) is 0 Å². The molecule has 0 amide bonds. The Kier molecular flexibility index (Phi) is 5.12. The number of hydrogen-bond donors (Lipinski definition) is 2. The summed E-state index contributed by atoms with van der Waals surface area (Å²) in [4.78, 5) is 12.9. The Bertz CT molecular complexity index is 573. The van der Waals surface area contributed by atoms with Crippen LogP contribution in [0.25, 0.3) is 0 Å². The summed E-state index contributed by atoms with van der Waals surface area (Å²) in [6.07, 6.45) is 2.61. The summed E-state index contributed by atoms with van der Waals surface area (Å²) in [5.41, 5.74) is 1.94. The highest BCUT2D eigenvalue weighted by Gasteiger charge is 2.05. The van der Waals surface area contributed by atoms with E-state index in [1.54, 1.807) is 6.20 Å². The Morgan fingerprint density at radius 1 is 1.20 bits per heavy atom. The smallest absolute Gasteiger partial charge is 0.224 e. The molecule has 0 atom stereocenters. The van der Waals surface area contributed by atoms with Crippen LogP contribution >= 0.6 is 11.6 Å². The molecular formula is C14H18ClN5. The van der Waals surface area contributed by atoms with Crippen molar-refractivity contribution in [3.05, 3.63) is 40.8 Å². The minimum absolute atomic E-state index is 0.500. The standard InChI is InChI=1S/C14H18ClN5/c1-3-7-16-14-18-9-12(15)13(20-14)17-8-11-6-4-5-10(2)19-11/h4-6,9H,3,7-8H2,1-2H3,(H2,16,17,18,20). The fourth-order valence-corrected chi connectivity index (χ4v) is 1.84. The second-order valence-electron chi connectivity index (χ2n) is 4.44. The molecule has 2 rings (SSSR count). The lowest BCUT2D eigenvalue weighted by Crippen LogP contribution is -2.08. The summed E-state index contributed by atoms with van der Waals surface area (Å²) < 4.78 is 0. The van der Waals surface area contributed by atoms with Gasteiger partial charge in [-0.3, -0.25) is 4.98 Å². The van der Waals surface area contributed by atoms with Gasteiger partial charge in [-0.15, -0.1) is 0 Å². The molecule has 2 aromatic heterocycles. The van der Waals surface area contributed by atoms with Crippen molar-refractivity contribution < 1.29 is 0 Å². The van der Waals surface area contributed by atoms with E-state index in [0.717, 1.165) is 24.4 Å². The van der Waals surface area contributed by atoms with Crippen molar-refractivity contribution in [2.45, 2.75) is 26.8 Å². The monoisotopic (exact) mass is 291 g/mol. The predicted octanol–water partition coefficient (Wildman–Crippen LogP) is 3.27. The van der Waals surface area contributed by atoms with Crippen molar-refractivity contribution in [2.75, 3.05) is 17.2 Å². The van der Waals surface area contributed by atoms with Crippen LogP contribution in [0.15, 0.2) is 24.4 Å². The van der Waals surface area contributed by atoms with E-state index in [4.69, 9.17) is 11.6 Å². The number of anilines is 2. The van der Waals surface area contributed by atoms with Crippen LogP contribution in [0.3, 0.4) is 0 Å². The van der Waals surface area contributed by atoms with Gasteiger partial charge in [0.05, 0.1) is 18.4 Å². The van der Waals surface area contributed by atoms with E-state index in [9.17, 15) is 0 Å². The van der Waals surface area contributed by atoms with Gasteiger partial charge in [-0.1, -0.05) is 24.6 Å². The summed E-state index contributed by atoms with van der Waals surface area (Å²) >= 11 is 6.09. The molecule has 0 fully saturated rings. The van der Waals surface area contributed by atoms with Crippen molar-refractivity contribution in [3.63, 3.8) is 0 Å². The van der Waals surface area contributed by atoms with Gasteiger partial charge in [0.15, 0.2) is 5.82 Å². The van der Waals surface area contributed by atoms with E-state index >= 15 is 0 Å². The molecule has 106 valence electrons.